The quantitative estimate of drug-likeness (QED) is 0.424. The second-order valence-corrected chi connectivity index (χ2v) is 10.4. The number of hydrogen-bond donors (Lipinski definition) is 0. The average Bonchev–Trinajstić information content (AvgIpc) is 2.83. The van der Waals surface area contributed by atoms with Crippen LogP contribution in [0.15, 0.2) is 77.8 Å². The zero-order valence-corrected chi connectivity index (χ0v) is 20.0. The molecule has 0 bridgehead atoms. The highest BCUT2D eigenvalue weighted by Crippen LogP contribution is 2.35. The lowest BCUT2D eigenvalue weighted by Gasteiger charge is -2.34. The van der Waals surface area contributed by atoms with Crippen molar-refractivity contribution in [2.45, 2.75) is 26.4 Å². The zero-order chi connectivity index (χ0) is 23.3. The molecular weight excluding hydrogens is 432 g/mol. The smallest absolute Gasteiger partial charge is 0.232 e. The van der Waals surface area contributed by atoms with E-state index in [-0.39, 0.29) is 5.92 Å². The fraction of sp³-hybridized carbons (Fsp3) is 0.296. The third kappa shape index (κ3) is 5.82. The van der Waals surface area contributed by atoms with Crippen LogP contribution in [-0.4, -0.2) is 34.0 Å². The Morgan fingerprint density at radius 2 is 1.76 bits per heavy atom. The van der Waals surface area contributed by atoms with Crippen LogP contribution in [0.2, 0.25) is 0 Å². The summed E-state index contributed by atoms with van der Waals surface area (Å²) in [6.45, 7) is 3.52. The molecule has 0 fully saturated rings. The van der Waals surface area contributed by atoms with Crippen LogP contribution in [0, 0.1) is 5.92 Å². The predicted octanol–water partition coefficient (Wildman–Crippen LogP) is 5.35. The summed E-state index contributed by atoms with van der Waals surface area (Å²) in [5, 5.41) is 0. The van der Waals surface area contributed by atoms with E-state index in [1.807, 2.05) is 43.3 Å². The number of anilines is 1. The topological polar surface area (TPSA) is 59.0 Å². The molecular formula is C27H30N2O3S. The van der Waals surface area contributed by atoms with Gasteiger partial charge in [0.25, 0.3) is 0 Å². The first-order valence-electron chi connectivity index (χ1n) is 11.3. The van der Waals surface area contributed by atoms with E-state index in [2.05, 4.69) is 41.4 Å². The Morgan fingerprint density at radius 3 is 2.45 bits per heavy atom. The first-order valence-corrected chi connectivity index (χ1v) is 13.1. The lowest BCUT2D eigenvalue weighted by atomic mass is 9.91. The molecule has 5 nitrogen and oxygen atoms in total. The summed E-state index contributed by atoms with van der Waals surface area (Å²) < 4.78 is 32.6. The van der Waals surface area contributed by atoms with Crippen molar-refractivity contribution in [2.75, 3.05) is 23.7 Å². The molecule has 3 aromatic rings. The Bertz CT molecular complexity index is 1210. The minimum absolute atomic E-state index is 0.255. The number of rotatable bonds is 8. The van der Waals surface area contributed by atoms with E-state index < -0.39 is 10.0 Å². The molecule has 1 atom stereocenters. The van der Waals surface area contributed by atoms with Gasteiger partial charge in [0.05, 0.1) is 11.9 Å². The minimum Gasteiger partial charge on any atom is -0.489 e. The van der Waals surface area contributed by atoms with Gasteiger partial charge in [-0.15, -0.1) is 0 Å². The van der Waals surface area contributed by atoms with Crippen LogP contribution in [0.1, 0.15) is 24.5 Å². The first-order chi connectivity index (χ1) is 15.9. The Labute approximate surface area is 196 Å². The number of benzene rings is 3. The second kappa shape index (κ2) is 10.2. The molecule has 1 aliphatic rings. The molecule has 0 amide bonds. The molecule has 1 heterocycles. The van der Waals surface area contributed by atoms with E-state index >= 15 is 0 Å². The maximum atomic E-state index is 12.5. The van der Waals surface area contributed by atoms with Gasteiger partial charge in [0, 0.05) is 19.2 Å². The molecule has 33 heavy (non-hydrogen) atoms. The number of aliphatic imine (C=N–C) groups is 1. The zero-order valence-electron chi connectivity index (χ0n) is 19.1. The SMILES string of the molecule is C/C=N/CCC1Cc2ccc(OCc3ccc(-c4ccccc4)cc3)cc2N(S(C)(=O)=O)C1. The van der Waals surface area contributed by atoms with Crippen molar-refractivity contribution in [1.29, 1.82) is 0 Å². The molecule has 3 aromatic carbocycles. The van der Waals surface area contributed by atoms with Crippen molar-refractivity contribution in [1.82, 2.24) is 0 Å². The molecule has 1 aliphatic heterocycles. The molecule has 1 unspecified atom stereocenters. The van der Waals surface area contributed by atoms with Crippen molar-refractivity contribution in [3.8, 4) is 16.9 Å². The summed E-state index contributed by atoms with van der Waals surface area (Å²) in [7, 11) is -3.38. The summed E-state index contributed by atoms with van der Waals surface area (Å²) in [5.41, 5.74) is 5.17. The Kier molecular flexibility index (Phi) is 7.14. The highest BCUT2D eigenvalue weighted by Gasteiger charge is 2.30. The van der Waals surface area contributed by atoms with E-state index in [1.54, 1.807) is 6.21 Å². The molecule has 0 radical (unpaired) electrons. The van der Waals surface area contributed by atoms with Gasteiger partial charge < -0.3 is 4.74 Å². The van der Waals surface area contributed by atoms with Gasteiger partial charge >= 0.3 is 0 Å². The van der Waals surface area contributed by atoms with Crippen LogP contribution in [0.25, 0.3) is 11.1 Å². The lowest BCUT2D eigenvalue weighted by molar-refractivity contribution is 0.306. The van der Waals surface area contributed by atoms with E-state index in [1.165, 1.54) is 16.1 Å². The molecule has 172 valence electrons. The third-order valence-corrected chi connectivity index (χ3v) is 7.12. The number of ether oxygens (including phenoxy) is 1. The highest BCUT2D eigenvalue weighted by molar-refractivity contribution is 7.92. The van der Waals surface area contributed by atoms with E-state index in [4.69, 9.17) is 4.74 Å². The third-order valence-electron chi connectivity index (χ3n) is 5.97. The molecule has 0 aliphatic carbocycles. The van der Waals surface area contributed by atoms with E-state index in [9.17, 15) is 8.42 Å². The minimum atomic E-state index is -3.38. The van der Waals surface area contributed by atoms with Crippen molar-refractivity contribution >= 4 is 21.9 Å². The van der Waals surface area contributed by atoms with Crippen LogP contribution in [0.5, 0.6) is 5.75 Å². The van der Waals surface area contributed by atoms with Gasteiger partial charge in [-0.05, 0) is 60.2 Å². The normalized spacial score (nSPS) is 16.1. The van der Waals surface area contributed by atoms with Gasteiger partial charge in [0.1, 0.15) is 12.4 Å². The lowest BCUT2D eigenvalue weighted by Crippen LogP contribution is -2.39. The van der Waals surface area contributed by atoms with Gasteiger partial charge in [-0.2, -0.15) is 0 Å². The maximum absolute atomic E-state index is 12.5. The largest absolute Gasteiger partial charge is 0.489 e. The number of sulfonamides is 1. The Hall–Kier alpha value is -3.12. The van der Waals surface area contributed by atoms with Crippen molar-refractivity contribution in [2.24, 2.45) is 10.9 Å². The summed E-state index contributed by atoms with van der Waals surface area (Å²) in [4.78, 5) is 4.29. The van der Waals surface area contributed by atoms with Crippen LogP contribution >= 0.6 is 0 Å². The maximum Gasteiger partial charge on any atom is 0.232 e. The van der Waals surface area contributed by atoms with Crippen LogP contribution in [0.3, 0.4) is 0 Å². The van der Waals surface area contributed by atoms with Crippen molar-refractivity contribution < 1.29 is 13.2 Å². The van der Waals surface area contributed by atoms with Crippen LogP contribution in [0.4, 0.5) is 5.69 Å². The van der Waals surface area contributed by atoms with E-state index in [0.717, 1.165) is 41.8 Å². The predicted molar refractivity (Wildman–Crippen MR) is 136 cm³/mol. The Balaban J connectivity index is 1.47. The number of fused-ring (bicyclic) bond motifs is 1. The number of nitrogens with zero attached hydrogens (tertiary/aromatic N) is 2. The second-order valence-electron chi connectivity index (χ2n) is 8.46. The van der Waals surface area contributed by atoms with E-state index in [0.29, 0.717) is 18.9 Å². The molecule has 6 heteroatoms. The molecule has 0 spiro atoms. The van der Waals surface area contributed by atoms with Crippen LogP contribution < -0.4 is 9.04 Å². The monoisotopic (exact) mass is 462 g/mol. The fourth-order valence-electron chi connectivity index (χ4n) is 4.23. The molecule has 4 rings (SSSR count). The van der Waals surface area contributed by atoms with Crippen molar-refractivity contribution in [3.63, 3.8) is 0 Å². The van der Waals surface area contributed by atoms with Gasteiger partial charge in [0.15, 0.2) is 0 Å². The van der Waals surface area contributed by atoms with Gasteiger partial charge in [-0.3, -0.25) is 9.30 Å². The molecule has 0 saturated carbocycles. The fourth-order valence-corrected chi connectivity index (χ4v) is 5.24. The number of hydrogen-bond acceptors (Lipinski definition) is 4. The highest BCUT2D eigenvalue weighted by atomic mass is 32.2. The first kappa shape index (κ1) is 23.1. The summed E-state index contributed by atoms with van der Waals surface area (Å²) in [6, 6.07) is 24.4. The van der Waals surface area contributed by atoms with Crippen molar-refractivity contribution in [3.05, 3.63) is 83.9 Å². The molecule has 0 aromatic heterocycles. The summed E-state index contributed by atoms with van der Waals surface area (Å²) >= 11 is 0. The average molecular weight is 463 g/mol. The Morgan fingerprint density at radius 1 is 1.03 bits per heavy atom. The summed E-state index contributed by atoms with van der Waals surface area (Å²) in [6.07, 6.45) is 4.78. The molecule has 0 N–H and O–H groups in total. The summed E-state index contributed by atoms with van der Waals surface area (Å²) in [5.74, 6) is 0.925. The molecule has 0 saturated heterocycles. The van der Waals surface area contributed by atoms with Gasteiger partial charge in [-0.25, -0.2) is 8.42 Å². The van der Waals surface area contributed by atoms with Crippen LogP contribution in [-0.2, 0) is 23.1 Å². The van der Waals surface area contributed by atoms with Gasteiger partial charge in [-0.1, -0.05) is 60.7 Å². The van der Waals surface area contributed by atoms with Gasteiger partial charge in [0.2, 0.25) is 10.0 Å². The standard InChI is InChI=1S/C27H30N2O3S/c1-3-28-16-15-22-17-25-13-14-26(18-27(25)29(19-22)33(2,30)31)32-20-21-9-11-24(12-10-21)23-7-5-4-6-8-23/h3-14,18,22H,15-17,19-20H2,1-2H3/b28-3+.